The van der Waals surface area contributed by atoms with Gasteiger partial charge in [0.25, 0.3) is 11.8 Å². The normalized spacial score (nSPS) is 18.7. The van der Waals surface area contributed by atoms with E-state index < -0.39 is 23.7 Å². The Morgan fingerprint density at radius 1 is 1.23 bits per heavy atom. The van der Waals surface area contributed by atoms with Crippen LogP contribution < -0.4 is 10.1 Å². The lowest BCUT2D eigenvalue weighted by Crippen LogP contribution is -2.63. The molecule has 0 saturated carbocycles. The minimum atomic E-state index is -5.19. The van der Waals surface area contributed by atoms with E-state index in [0.717, 1.165) is 4.90 Å². The Morgan fingerprint density at radius 2 is 1.93 bits per heavy atom. The van der Waals surface area contributed by atoms with Gasteiger partial charge in [-0.2, -0.15) is 13.2 Å². The number of aliphatic imine (C=N–C) groups is 1. The van der Waals surface area contributed by atoms with E-state index in [1.165, 1.54) is 49.6 Å². The van der Waals surface area contributed by atoms with Crippen molar-refractivity contribution in [3.63, 3.8) is 0 Å². The molecule has 2 amide bonds. The highest BCUT2D eigenvalue weighted by Crippen LogP contribution is 2.38. The summed E-state index contributed by atoms with van der Waals surface area (Å²) >= 11 is 0. The van der Waals surface area contributed by atoms with Crippen LogP contribution in [0.2, 0.25) is 0 Å². The molecule has 0 spiro atoms. The number of carbonyl (C=O) groups excluding carboxylic acids is 2. The van der Waals surface area contributed by atoms with Gasteiger partial charge in [0.15, 0.2) is 0 Å². The Labute approximate surface area is 170 Å². The highest BCUT2D eigenvalue weighted by Gasteiger charge is 2.67. The smallest absolute Gasteiger partial charge is 0.442 e. The molecule has 0 aliphatic carbocycles. The largest absolute Gasteiger partial charge is 0.497 e. The predicted molar refractivity (Wildman–Crippen MR) is 104 cm³/mol. The van der Waals surface area contributed by atoms with Gasteiger partial charge in [-0.3, -0.25) is 14.5 Å². The molecule has 2 aromatic carbocycles. The summed E-state index contributed by atoms with van der Waals surface area (Å²) in [6.07, 6.45) is -3.90. The number of hydrogen-bond acceptors (Lipinski definition) is 4. The number of rotatable bonds is 6. The molecule has 0 aromatic heterocycles. The molecule has 0 bridgehead atoms. The quantitative estimate of drug-likeness (QED) is 0.734. The maximum atomic E-state index is 14.2. The third-order valence-corrected chi connectivity index (χ3v) is 4.46. The Hall–Kier alpha value is -3.62. The Bertz CT molecular complexity index is 1010. The van der Waals surface area contributed by atoms with E-state index in [2.05, 4.69) is 11.6 Å². The fourth-order valence-corrected chi connectivity index (χ4v) is 3.00. The number of nitrogens with zero attached hydrogens (tertiary/aromatic N) is 2. The van der Waals surface area contributed by atoms with Gasteiger partial charge in [-0.25, -0.2) is 4.99 Å². The lowest BCUT2D eigenvalue weighted by atomic mass is 10.1. The molecule has 1 aliphatic heterocycles. The molecule has 6 nitrogen and oxygen atoms in total. The number of carbonyl (C=O) groups is 2. The minimum Gasteiger partial charge on any atom is -0.497 e. The molecule has 0 radical (unpaired) electrons. The average molecular weight is 417 g/mol. The summed E-state index contributed by atoms with van der Waals surface area (Å²) in [4.78, 5) is 30.1. The Morgan fingerprint density at radius 3 is 2.53 bits per heavy atom. The fourth-order valence-electron chi connectivity index (χ4n) is 3.00. The number of benzene rings is 2. The molecular weight excluding hydrogens is 399 g/mol. The van der Waals surface area contributed by atoms with E-state index in [-0.39, 0.29) is 23.7 Å². The van der Waals surface area contributed by atoms with Crippen LogP contribution in [0, 0.1) is 0 Å². The van der Waals surface area contributed by atoms with E-state index >= 15 is 0 Å². The van der Waals surface area contributed by atoms with Crippen molar-refractivity contribution in [2.45, 2.75) is 11.8 Å². The summed E-state index contributed by atoms with van der Waals surface area (Å²) in [6.45, 7) is 3.28. The first kappa shape index (κ1) is 21.1. The van der Waals surface area contributed by atoms with Crippen LogP contribution in [0.1, 0.15) is 15.9 Å². The van der Waals surface area contributed by atoms with Crippen molar-refractivity contribution < 1.29 is 27.5 Å². The molecule has 0 saturated heterocycles. The fraction of sp³-hybridized carbons (Fsp3) is 0.190. The van der Waals surface area contributed by atoms with Crippen LogP contribution in [-0.4, -0.2) is 48.0 Å². The highest BCUT2D eigenvalue weighted by molar-refractivity contribution is 6.16. The van der Waals surface area contributed by atoms with Crippen LogP contribution >= 0.6 is 0 Å². The molecule has 1 unspecified atom stereocenters. The van der Waals surface area contributed by atoms with Gasteiger partial charge in [0, 0.05) is 17.7 Å². The van der Waals surface area contributed by atoms with Crippen molar-refractivity contribution in [2.75, 3.05) is 13.7 Å². The third kappa shape index (κ3) is 3.66. The molecule has 156 valence electrons. The number of alkyl halides is 3. The first-order valence-corrected chi connectivity index (χ1v) is 8.85. The minimum absolute atomic E-state index is 0.107. The number of halogens is 3. The number of ether oxygens (including phenoxy) is 1. The summed E-state index contributed by atoms with van der Waals surface area (Å²) in [7, 11) is 1.36. The van der Waals surface area contributed by atoms with E-state index in [1.807, 2.05) is 0 Å². The molecule has 2 aromatic rings. The van der Waals surface area contributed by atoms with E-state index in [1.54, 1.807) is 23.5 Å². The van der Waals surface area contributed by atoms with Gasteiger partial charge >= 0.3 is 11.8 Å². The first-order chi connectivity index (χ1) is 14.2. The van der Waals surface area contributed by atoms with Crippen molar-refractivity contribution in [1.29, 1.82) is 0 Å². The van der Waals surface area contributed by atoms with Crippen LogP contribution in [0.5, 0.6) is 5.75 Å². The number of hydrogen-bond donors (Lipinski definition) is 1. The second-order valence-electron chi connectivity index (χ2n) is 6.40. The van der Waals surface area contributed by atoms with Gasteiger partial charge in [0.1, 0.15) is 11.6 Å². The lowest BCUT2D eigenvalue weighted by Gasteiger charge is -2.29. The SMILES string of the molecule is C=CCN1C(=O)C(NC(=O)c2cccc(OC)c2)(C(F)(F)F)N=C1c1ccccc1. The van der Waals surface area contributed by atoms with Gasteiger partial charge in [-0.1, -0.05) is 42.5 Å². The maximum Gasteiger partial charge on any atom is 0.442 e. The molecule has 0 fully saturated rings. The zero-order valence-corrected chi connectivity index (χ0v) is 15.9. The molecule has 1 heterocycles. The van der Waals surface area contributed by atoms with Gasteiger partial charge in [-0.05, 0) is 18.2 Å². The first-order valence-electron chi connectivity index (χ1n) is 8.85. The average Bonchev–Trinajstić information content (AvgIpc) is 3.02. The molecule has 9 heteroatoms. The van der Waals surface area contributed by atoms with Crippen molar-refractivity contribution in [2.24, 2.45) is 4.99 Å². The van der Waals surface area contributed by atoms with E-state index in [4.69, 9.17) is 4.74 Å². The number of methoxy groups -OCH3 is 1. The van der Waals surface area contributed by atoms with Gasteiger partial charge in [-0.15, -0.1) is 6.58 Å². The Balaban J connectivity index is 2.09. The van der Waals surface area contributed by atoms with Crippen molar-refractivity contribution in [3.8, 4) is 5.75 Å². The molecule has 1 aliphatic rings. The lowest BCUT2D eigenvalue weighted by molar-refractivity contribution is -0.196. The maximum absolute atomic E-state index is 14.2. The second kappa shape index (κ2) is 8.02. The highest BCUT2D eigenvalue weighted by atomic mass is 19.4. The van der Waals surface area contributed by atoms with Crippen molar-refractivity contribution in [3.05, 3.63) is 78.4 Å². The van der Waals surface area contributed by atoms with Gasteiger partial charge < -0.3 is 10.1 Å². The number of nitrogens with one attached hydrogen (secondary N) is 1. The van der Waals surface area contributed by atoms with Gasteiger partial charge in [0.05, 0.1) is 7.11 Å². The molecular formula is C21H18F3N3O3. The summed E-state index contributed by atoms with van der Waals surface area (Å²) in [5, 5.41) is 1.81. The molecule has 1 N–H and O–H groups in total. The third-order valence-electron chi connectivity index (χ3n) is 4.46. The Kier molecular flexibility index (Phi) is 5.64. The zero-order chi connectivity index (χ0) is 21.9. The number of amidine groups is 1. The summed E-state index contributed by atoms with van der Waals surface area (Å²) in [6, 6.07) is 13.5. The molecule has 30 heavy (non-hydrogen) atoms. The van der Waals surface area contributed by atoms with Gasteiger partial charge in [0.2, 0.25) is 0 Å². The van der Waals surface area contributed by atoms with E-state index in [9.17, 15) is 22.8 Å². The van der Waals surface area contributed by atoms with Crippen LogP contribution in [0.25, 0.3) is 0 Å². The molecule has 1 atom stereocenters. The predicted octanol–water partition coefficient (Wildman–Crippen LogP) is 3.16. The van der Waals surface area contributed by atoms with Crippen molar-refractivity contribution in [1.82, 2.24) is 10.2 Å². The van der Waals surface area contributed by atoms with Crippen LogP contribution in [0.4, 0.5) is 13.2 Å². The van der Waals surface area contributed by atoms with Crippen LogP contribution in [0.15, 0.2) is 72.2 Å². The summed E-state index contributed by atoms with van der Waals surface area (Å²) in [5.74, 6) is -2.45. The molecule has 3 rings (SSSR count). The zero-order valence-electron chi connectivity index (χ0n) is 15.9. The van der Waals surface area contributed by atoms with Crippen LogP contribution in [0.3, 0.4) is 0 Å². The van der Waals surface area contributed by atoms with E-state index in [0.29, 0.717) is 5.56 Å². The topological polar surface area (TPSA) is 71.0 Å². The summed E-state index contributed by atoms with van der Waals surface area (Å²) in [5.41, 5.74) is -3.26. The second-order valence-corrected chi connectivity index (χ2v) is 6.40. The number of amides is 2. The summed E-state index contributed by atoms with van der Waals surface area (Å²) < 4.78 is 47.5. The van der Waals surface area contributed by atoms with Crippen LogP contribution in [-0.2, 0) is 4.79 Å². The standard InChI is InChI=1S/C21H18F3N3O3/c1-3-12-27-17(14-8-5-4-6-9-14)25-20(19(27)29,21(22,23)24)26-18(28)15-10-7-11-16(13-15)30-2/h3-11,13H,1,12H2,2H3,(H,26,28). The van der Waals surface area contributed by atoms with Crippen molar-refractivity contribution >= 4 is 17.6 Å². The monoisotopic (exact) mass is 417 g/mol.